The summed E-state index contributed by atoms with van der Waals surface area (Å²) in [6, 6.07) is 9.27. The molecule has 0 radical (unpaired) electrons. The number of carbonyl (C=O) groups is 2. The molecule has 2 heterocycles. The number of rotatable bonds is 3. The van der Waals surface area contributed by atoms with Crippen LogP contribution in [0.3, 0.4) is 0 Å². The van der Waals surface area contributed by atoms with E-state index in [4.69, 9.17) is 4.74 Å². The summed E-state index contributed by atoms with van der Waals surface area (Å²) in [6.07, 6.45) is 0.778. The minimum atomic E-state index is -0.414. The maximum atomic E-state index is 13.4. The Morgan fingerprint density at radius 2 is 1.93 bits per heavy atom. The molecule has 1 aromatic heterocycles. The number of hydrogen-bond acceptors (Lipinski definition) is 5. The number of aryl methyl sites for hydroxylation is 1. The van der Waals surface area contributed by atoms with Gasteiger partial charge >= 0.3 is 5.97 Å². The number of halogens is 1. The molecule has 0 spiro atoms. The molecular formula is C20H22FN3O3. The highest BCUT2D eigenvalue weighted by Crippen LogP contribution is 2.18. The van der Waals surface area contributed by atoms with E-state index in [-0.39, 0.29) is 5.91 Å². The first-order valence-electron chi connectivity index (χ1n) is 8.85. The summed E-state index contributed by atoms with van der Waals surface area (Å²) in [6.45, 7) is 4.26. The van der Waals surface area contributed by atoms with Gasteiger partial charge in [-0.15, -0.1) is 0 Å². The Morgan fingerprint density at radius 3 is 2.63 bits per heavy atom. The third-order valence-corrected chi connectivity index (χ3v) is 4.66. The molecule has 2 aromatic rings. The summed E-state index contributed by atoms with van der Waals surface area (Å²) < 4.78 is 18.1. The fraction of sp³-hybridized carbons (Fsp3) is 0.350. The third kappa shape index (κ3) is 4.24. The Bertz CT molecular complexity index is 856. The van der Waals surface area contributed by atoms with Crippen LogP contribution in [0.1, 0.15) is 32.8 Å². The molecule has 1 amide bonds. The molecule has 1 aliphatic rings. The Morgan fingerprint density at radius 1 is 1.11 bits per heavy atom. The summed E-state index contributed by atoms with van der Waals surface area (Å²) in [5, 5.41) is 0. The number of methoxy groups -OCH3 is 1. The maximum Gasteiger partial charge on any atom is 0.339 e. The van der Waals surface area contributed by atoms with Crippen molar-refractivity contribution in [3.05, 3.63) is 59.0 Å². The molecule has 0 unspecified atom stereocenters. The number of aromatic nitrogens is 1. The first-order valence-corrected chi connectivity index (χ1v) is 8.85. The molecule has 7 heteroatoms. The molecule has 27 heavy (non-hydrogen) atoms. The number of nitrogens with zero attached hydrogens (tertiary/aromatic N) is 3. The van der Waals surface area contributed by atoms with Crippen molar-refractivity contribution in [1.82, 2.24) is 9.88 Å². The van der Waals surface area contributed by atoms with Gasteiger partial charge < -0.3 is 14.5 Å². The average Bonchev–Trinajstić information content (AvgIpc) is 2.93. The fourth-order valence-electron chi connectivity index (χ4n) is 3.20. The predicted octanol–water partition coefficient (Wildman–Crippen LogP) is 2.67. The quantitative estimate of drug-likeness (QED) is 0.777. The lowest BCUT2D eigenvalue weighted by molar-refractivity contribution is 0.0599. The molecule has 3 rings (SSSR count). The van der Waals surface area contributed by atoms with Gasteiger partial charge in [0, 0.05) is 31.7 Å². The van der Waals surface area contributed by atoms with Gasteiger partial charge in [0.2, 0.25) is 0 Å². The third-order valence-electron chi connectivity index (χ3n) is 4.66. The van der Waals surface area contributed by atoms with E-state index in [1.807, 2.05) is 0 Å². The predicted molar refractivity (Wildman–Crippen MR) is 99.4 cm³/mol. The molecule has 1 fully saturated rings. The number of anilines is 1. The van der Waals surface area contributed by atoms with E-state index in [9.17, 15) is 14.0 Å². The van der Waals surface area contributed by atoms with Crippen LogP contribution >= 0.6 is 0 Å². The number of benzene rings is 1. The lowest BCUT2D eigenvalue weighted by Gasteiger charge is -2.23. The van der Waals surface area contributed by atoms with E-state index in [0.29, 0.717) is 36.5 Å². The van der Waals surface area contributed by atoms with Crippen LogP contribution in [0, 0.1) is 12.7 Å². The second-order valence-electron chi connectivity index (χ2n) is 6.44. The van der Waals surface area contributed by atoms with Crippen LogP contribution in [0.2, 0.25) is 0 Å². The van der Waals surface area contributed by atoms with Crippen LogP contribution in [-0.2, 0) is 4.74 Å². The van der Waals surface area contributed by atoms with E-state index in [1.54, 1.807) is 36.1 Å². The number of ether oxygens (including phenoxy) is 1. The van der Waals surface area contributed by atoms with Crippen LogP contribution < -0.4 is 4.90 Å². The zero-order valence-corrected chi connectivity index (χ0v) is 15.4. The zero-order valence-electron chi connectivity index (χ0n) is 15.4. The van der Waals surface area contributed by atoms with Crippen LogP contribution in [0.25, 0.3) is 0 Å². The molecule has 0 aliphatic carbocycles. The maximum absolute atomic E-state index is 13.4. The molecule has 0 atom stereocenters. The summed E-state index contributed by atoms with van der Waals surface area (Å²) in [7, 11) is 1.34. The minimum Gasteiger partial charge on any atom is -0.465 e. The van der Waals surface area contributed by atoms with Crippen molar-refractivity contribution < 1.29 is 18.7 Å². The van der Waals surface area contributed by atoms with Gasteiger partial charge in [-0.05, 0) is 43.7 Å². The number of pyridine rings is 1. The van der Waals surface area contributed by atoms with Crippen LogP contribution in [0.5, 0.6) is 0 Å². The Balaban J connectivity index is 1.70. The first kappa shape index (κ1) is 18.8. The molecule has 142 valence electrons. The minimum absolute atomic E-state index is 0.165. The second kappa shape index (κ2) is 8.16. The van der Waals surface area contributed by atoms with Crippen molar-refractivity contribution in [3.8, 4) is 0 Å². The van der Waals surface area contributed by atoms with E-state index in [2.05, 4.69) is 9.88 Å². The smallest absolute Gasteiger partial charge is 0.339 e. The molecule has 0 saturated carbocycles. The van der Waals surface area contributed by atoms with Crippen molar-refractivity contribution in [1.29, 1.82) is 0 Å². The SMILES string of the molecule is COC(=O)c1ccc(N2CCCN(C(=O)c3cccc(F)c3)CC2)nc1C. The molecule has 0 bridgehead atoms. The van der Waals surface area contributed by atoms with Gasteiger partial charge in [-0.2, -0.15) is 0 Å². The average molecular weight is 371 g/mol. The highest BCUT2D eigenvalue weighted by atomic mass is 19.1. The first-order chi connectivity index (χ1) is 13.0. The van der Waals surface area contributed by atoms with Gasteiger partial charge in [0.05, 0.1) is 18.4 Å². The zero-order chi connectivity index (χ0) is 19.4. The van der Waals surface area contributed by atoms with Crippen LogP contribution in [-0.4, -0.2) is 55.0 Å². The summed E-state index contributed by atoms with van der Waals surface area (Å²) in [5.41, 5.74) is 1.41. The molecule has 1 aliphatic heterocycles. The molecule has 1 aromatic carbocycles. The van der Waals surface area contributed by atoms with Crippen molar-refractivity contribution in [2.75, 3.05) is 38.2 Å². The van der Waals surface area contributed by atoms with Gasteiger partial charge in [-0.1, -0.05) is 6.07 Å². The number of amides is 1. The fourth-order valence-corrected chi connectivity index (χ4v) is 3.20. The van der Waals surface area contributed by atoms with Gasteiger partial charge in [0.25, 0.3) is 5.91 Å². The Kier molecular flexibility index (Phi) is 5.69. The topological polar surface area (TPSA) is 62.7 Å². The molecule has 6 nitrogen and oxygen atoms in total. The molecule has 0 N–H and O–H groups in total. The van der Waals surface area contributed by atoms with Gasteiger partial charge in [-0.3, -0.25) is 4.79 Å². The summed E-state index contributed by atoms with van der Waals surface area (Å²) in [4.78, 5) is 32.7. The second-order valence-corrected chi connectivity index (χ2v) is 6.44. The highest BCUT2D eigenvalue weighted by molar-refractivity contribution is 5.94. The lowest BCUT2D eigenvalue weighted by atomic mass is 10.2. The van der Waals surface area contributed by atoms with Crippen LogP contribution in [0.15, 0.2) is 36.4 Å². The molecule has 1 saturated heterocycles. The van der Waals surface area contributed by atoms with Gasteiger partial charge in [0.15, 0.2) is 0 Å². The Labute approximate surface area is 157 Å². The van der Waals surface area contributed by atoms with Crippen molar-refractivity contribution >= 4 is 17.7 Å². The lowest BCUT2D eigenvalue weighted by Crippen LogP contribution is -2.35. The number of carbonyl (C=O) groups excluding carboxylic acids is 2. The van der Waals surface area contributed by atoms with E-state index < -0.39 is 11.8 Å². The van der Waals surface area contributed by atoms with Crippen molar-refractivity contribution in [2.24, 2.45) is 0 Å². The van der Waals surface area contributed by atoms with E-state index in [1.165, 1.54) is 19.2 Å². The van der Waals surface area contributed by atoms with Crippen molar-refractivity contribution in [3.63, 3.8) is 0 Å². The van der Waals surface area contributed by atoms with Gasteiger partial charge in [-0.25, -0.2) is 14.2 Å². The monoisotopic (exact) mass is 371 g/mol. The van der Waals surface area contributed by atoms with Crippen molar-refractivity contribution in [2.45, 2.75) is 13.3 Å². The van der Waals surface area contributed by atoms with E-state index >= 15 is 0 Å². The van der Waals surface area contributed by atoms with Crippen LogP contribution in [0.4, 0.5) is 10.2 Å². The standard InChI is InChI=1S/C20H22FN3O3/c1-14-17(20(26)27-2)7-8-18(22-14)23-9-4-10-24(12-11-23)19(25)15-5-3-6-16(21)13-15/h3,5-8,13H,4,9-12H2,1-2H3. The highest BCUT2D eigenvalue weighted by Gasteiger charge is 2.22. The summed E-state index contributed by atoms with van der Waals surface area (Å²) >= 11 is 0. The molecular weight excluding hydrogens is 349 g/mol. The largest absolute Gasteiger partial charge is 0.465 e. The van der Waals surface area contributed by atoms with Gasteiger partial charge in [0.1, 0.15) is 11.6 Å². The summed E-state index contributed by atoms with van der Waals surface area (Å²) in [5.74, 6) is -0.223. The van der Waals surface area contributed by atoms with E-state index in [0.717, 1.165) is 18.8 Å². The normalized spacial score (nSPS) is 14.6. The number of hydrogen-bond donors (Lipinski definition) is 0. The number of esters is 1. The Hall–Kier alpha value is -2.96.